The van der Waals surface area contributed by atoms with Gasteiger partial charge in [0.05, 0.1) is 0 Å². The molecule has 1 heteroatoms. The normalized spacial score (nSPS) is 11.4. The van der Waals surface area contributed by atoms with Crippen LogP contribution < -0.4 is 0 Å². The van der Waals surface area contributed by atoms with Crippen LogP contribution in [0.1, 0.15) is 96.8 Å². The molecule has 0 heterocycles. The van der Waals surface area contributed by atoms with E-state index in [0.29, 0.717) is 0 Å². The van der Waals surface area contributed by atoms with Crippen LogP contribution in [0.2, 0.25) is 0 Å². The first-order valence-electron chi connectivity index (χ1n) is 8.17. The Morgan fingerprint density at radius 2 is 1.00 bits per heavy atom. The summed E-state index contributed by atoms with van der Waals surface area (Å²) in [6.07, 6.45) is 22.4. The summed E-state index contributed by atoms with van der Waals surface area (Å²) in [4.78, 5) is 0. The molecule has 0 nitrogen and oxygen atoms in total. The number of halogens is 1. The highest BCUT2D eigenvalue weighted by molar-refractivity contribution is 14.1. The summed E-state index contributed by atoms with van der Waals surface area (Å²) in [5, 5.41) is 0. The Labute approximate surface area is 129 Å². The van der Waals surface area contributed by atoms with E-state index in [4.69, 9.17) is 0 Å². The number of unbranched alkanes of at least 4 members (excludes halogenated alkanes) is 13. The number of allylic oxidation sites excluding steroid dienone is 1. The molecule has 0 radical (unpaired) electrons. The third kappa shape index (κ3) is 16.5. The summed E-state index contributed by atoms with van der Waals surface area (Å²) < 4.78 is 2.14. The third-order valence-electron chi connectivity index (χ3n) is 3.56. The van der Waals surface area contributed by atoms with E-state index in [1.165, 1.54) is 89.9 Å². The van der Waals surface area contributed by atoms with Crippen LogP contribution in [0, 0.1) is 0 Å². The van der Waals surface area contributed by atoms with Crippen LogP contribution in [0.5, 0.6) is 0 Å². The molecule has 0 aliphatic rings. The van der Waals surface area contributed by atoms with Gasteiger partial charge in [-0.15, -0.1) is 0 Å². The Morgan fingerprint density at radius 3 is 1.39 bits per heavy atom. The Morgan fingerprint density at radius 1 is 0.611 bits per heavy atom. The van der Waals surface area contributed by atoms with Crippen molar-refractivity contribution in [1.82, 2.24) is 0 Å². The second-order valence-corrected chi connectivity index (χ2v) is 6.11. The minimum Gasteiger partial charge on any atom is -0.0785 e. The van der Waals surface area contributed by atoms with Crippen molar-refractivity contribution in [2.75, 3.05) is 0 Å². The fraction of sp³-hybridized carbons (Fsp3) is 0.882. The van der Waals surface area contributed by atoms with Crippen molar-refractivity contribution in [3.63, 3.8) is 0 Å². The predicted octanol–water partition coefficient (Wildman–Crippen LogP) is 7.42. The monoisotopic (exact) mass is 364 g/mol. The molecule has 0 unspecified atom stereocenters. The second-order valence-electron chi connectivity index (χ2n) is 5.39. The van der Waals surface area contributed by atoms with Crippen LogP contribution in [0.3, 0.4) is 0 Å². The van der Waals surface area contributed by atoms with Crippen LogP contribution in [-0.4, -0.2) is 0 Å². The van der Waals surface area contributed by atoms with Gasteiger partial charge in [-0.1, -0.05) is 113 Å². The fourth-order valence-electron chi connectivity index (χ4n) is 2.34. The van der Waals surface area contributed by atoms with Crippen LogP contribution in [0.4, 0.5) is 0 Å². The first kappa shape index (κ1) is 18.5. The maximum absolute atomic E-state index is 2.30. The molecule has 0 amide bonds. The zero-order valence-corrected chi connectivity index (χ0v) is 14.6. The lowest BCUT2D eigenvalue weighted by Crippen LogP contribution is -1.82. The molecular weight excluding hydrogens is 331 g/mol. The topological polar surface area (TPSA) is 0 Å². The molecule has 108 valence electrons. The van der Waals surface area contributed by atoms with Gasteiger partial charge in [0.2, 0.25) is 0 Å². The van der Waals surface area contributed by atoms with E-state index in [-0.39, 0.29) is 0 Å². The minimum absolute atomic E-state index is 1.28. The van der Waals surface area contributed by atoms with Gasteiger partial charge in [-0.25, -0.2) is 0 Å². The van der Waals surface area contributed by atoms with Gasteiger partial charge < -0.3 is 0 Å². The van der Waals surface area contributed by atoms with Gasteiger partial charge in [-0.3, -0.25) is 0 Å². The van der Waals surface area contributed by atoms with E-state index in [1.807, 2.05) is 0 Å². The third-order valence-corrected chi connectivity index (χ3v) is 4.07. The summed E-state index contributed by atoms with van der Waals surface area (Å²) in [5.74, 6) is 0. The average molecular weight is 364 g/mol. The Bertz CT molecular complexity index is 163. The van der Waals surface area contributed by atoms with E-state index >= 15 is 0 Å². The first-order valence-corrected chi connectivity index (χ1v) is 9.41. The lowest BCUT2D eigenvalue weighted by molar-refractivity contribution is 0.540. The van der Waals surface area contributed by atoms with E-state index < -0.39 is 0 Å². The summed E-state index contributed by atoms with van der Waals surface area (Å²) in [7, 11) is 0. The molecule has 0 bridgehead atoms. The number of hydrogen-bond donors (Lipinski definition) is 0. The molecule has 0 rings (SSSR count). The van der Waals surface area contributed by atoms with Gasteiger partial charge in [-0.05, 0) is 16.9 Å². The van der Waals surface area contributed by atoms with E-state index in [1.54, 1.807) is 0 Å². The van der Waals surface area contributed by atoms with Crippen molar-refractivity contribution >= 4 is 22.6 Å². The van der Waals surface area contributed by atoms with Gasteiger partial charge in [0.15, 0.2) is 0 Å². The van der Waals surface area contributed by atoms with Crippen LogP contribution in [0.15, 0.2) is 10.2 Å². The van der Waals surface area contributed by atoms with Gasteiger partial charge in [0, 0.05) is 0 Å². The highest BCUT2D eigenvalue weighted by Crippen LogP contribution is 2.13. The summed E-state index contributed by atoms with van der Waals surface area (Å²) in [5.41, 5.74) is 0. The highest BCUT2D eigenvalue weighted by Gasteiger charge is 1.93. The Kier molecular flexibility index (Phi) is 17.9. The van der Waals surface area contributed by atoms with Crippen molar-refractivity contribution in [2.24, 2.45) is 0 Å². The molecule has 0 atom stereocenters. The molecule has 0 saturated carbocycles. The molecule has 0 aromatic carbocycles. The van der Waals surface area contributed by atoms with Gasteiger partial charge in [-0.2, -0.15) is 0 Å². The molecule has 0 aromatic heterocycles. The van der Waals surface area contributed by atoms with Gasteiger partial charge >= 0.3 is 0 Å². The van der Waals surface area contributed by atoms with Crippen molar-refractivity contribution in [3.05, 3.63) is 10.2 Å². The number of hydrogen-bond acceptors (Lipinski definition) is 0. The first-order chi connectivity index (χ1) is 8.91. The van der Waals surface area contributed by atoms with E-state index in [0.717, 1.165) is 0 Å². The highest BCUT2D eigenvalue weighted by atomic mass is 127. The summed E-state index contributed by atoms with van der Waals surface area (Å²) in [6.45, 7) is 2.29. The lowest BCUT2D eigenvalue weighted by atomic mass is 10.0. The molecule has 18 heavy (non-hydrogen) atoms. The van der Waals surface area contributed by atoms with Crippen molar-refractivity contribution in [1.29, 1.82) is 0 Å². The SMILES string of the molecule is CCCCCCCCCCCCCCCC=CI. The second kappa shape index (κ2) is 17.5. The Hall–Kier alpha value is 0.470. The van der Waals surface area contributed by atoms with E-state index in [9.17, 15) is 0 Å². The molecule has 0 saturated heterocycles. The smallest absolute Gasteiger partial charge is 0.0274 e. The quantitative estimate of drug-likeness (QED) is 0.222. The zero-order chi connectivity index (χ0) is 13.3. The molecular formula is C17H33I. The summed E-state index contributed by atoms with van der Waals surface area (Å²) >= 11 is 2.30. The largest absolute Gasteiger partial charge is 0.0785 e. The maximum atomic E-state index is 2.30. The van der Waals surface area contributed by atoms with Gasteiger partial charge in [0.25, 0.3) is 0 Å². The fourth-order valence-corrected chi connectivity index (χ4v) is 2.70. The minimum atomic E-state index is 1.28. The molecule has 0 aliphatic carbocycles. The van der Waals surface area contributed by atoms with Crippen LogP contribution >= 0.6 is 22.6 Å². The zero-order valence-electron chi connectivity index (χ0n) is 12.4. The van der Waals surface area contributed by atoms with Gasteiger partial charge in [0.1, 0.15) is 0 Å². The molecule has 0 aliphatic heterocycles. The predicted molar refractivity (Wildman–Crippen MR) is 93.5 cm³/mol. The van der Waals surface area contributed by atoms with Crippen LogP contribution in [-0.2, 0) is 0 Å². The average Bonchev–Trinajstić information content (AvgIpc) is 2.39. The molecule has 0 aromatic rings. The number of rotatable bonds is 14. The molecule has 0 fully saturated rings. The Balaban J connectivity index is 2.90. The molecule has 0 N–H and O–H groups in total. The lowest BCUT2D eigenvalue weighted by Gasteiger charge is -2.02. The van der Waals surface area contributed by atoms with Crippen LogP contribution in [0.25, 0.3) is 0 Å². The van der Waals surface area contributed by atoms with Crippen molar-refractivity contribution in [2.45, 2.75) is 96.8 Å². The van der Waals surface area contributed by atoms with Crippen molar-refractivity contribution in [3.8, 4) is 0 Å². The van der Waals surface area contributed by atoms with Crippen molar-refractivity contribution < 1.29 is 0 Å². The summed E-state index contributed by atoms with van der Waals surface area (Å²) in [6, 6.07) is 0. The van der Waals surface area contributed by atoms with E-state index in [2.05, 4.69) is 39.7 Å². The maximum Gasteiger partial charge on any atom is -0.0274 e. The standard InChI is InChI=1S/C17H33I/c1-2-3-4-5-6-7-8-9-10-11-12-13-14-15-16-17-18/h16-17H,2-15H2,1H3. The molecule has 0 spiro atoms.